The molecule has 0 atom stereocenters. The summed E-state index contributed by atoms with van der Waals surface area (Å²) in [5.41, 5.74) is 4.74. The fraction of sp³-hybridized carbons (Fsp3) is 0.146. The fourth-order valence-corrected chi connectivity index (χ4v) is 8.57. The summed E-state index contributed by atoms with van der Waals surface area (Å²) in [6.07, 6.45) is 14.5. The Morgan fingerprint density at radius 3 is 1.52 bits per heavy atom. The monoisotopic (exact) mass is 845 g/mol. The van der Waals surface area contributed by atoms with E-state index in [0.717, 1.165) is 22.4 Å². The zero-order valence-electron chi connectivity index (χ0n) is 32.8. The van der Waals surface area contributed by atoms with Crippen LogP contribution in [0.3, 0.4) is 0 Å². The van der Waals surface area contributed by atoms with Crippen LogP contribution in [0.5, 0.6) is 0 Å². The van der Waals surface area contributed by atoms with Gasteiger partial charge in [0.25, 0.3) is 11.8 Å². The standard InChI is InChI=1S/C21H20N6O3S.C20H19N5O3S/c1-26(2)21-24-12-18(13-25-21)31(29,30)17-6-3-15(4-7-17)11-23-20(28)16-5-8-19-22-9-10-27(19)14-16;1-14-12-24(2)20(23-14)29(27,28)17-6-3-15(4-7-17)11-22-19(26)16-5-8-18-21-9-10-25(18)13-16/h3-10,12-14H,11H2,1-2H3,(H,23,28);3-10,12-13H,11H2,1-2H3,(H,22,26). The number of sulfone groups is 2. The molecule has 306 valence electrons. The SMILES string of the molecule is CN(C)c1ncc(S(=O)(=O)c2ccc(CNC(=O)c3ccc4nccn4c3)cc2)cn1.Cc1cn(C)c(S(=O)(=O)c2ccc(CNC(=O)c3ccc4nccn4c3)cc2)n1. The van der Waals surface area contributed by atoms with Crippen molar-refractivity contribution in [3.63, 3.8) is 0 Å². The highest BCUT2D eigenvalue weighted by atomic mass is 32.2. The molecular weight excluding hydrogens is 807 g/mol. The minimum absolute atomic E-state index is 0.00551. The van der Waals surface area contributed by atoms with Crippen LogP contribution >= 0.6 is 0 Å². The molecule has 0 bridgehead atoms. The molecule has 0 fully saturated rings. The molecule has 0 saturated carbocycles. The highest BCUT2D eigenvalue weighted by Gasteiger charge is 2.23. The number of hydrogen-bond acceptors (Lipinski definition) is 12. The Morgan fingerprint density at radius 2 is 1.08 bits per heavy atom. The van der Waals surface area contributed by atoms with Crippen molar-refractivity contribution in [3.8, 4) is 0 Å². The molecule has 6 aromatic heterocycles. The molecule has 8 aromatic rings. The van der Waals surface area contributed by atoms with Crippen LogP contribution in [0.4, 0.5) is 5.95 Å². The summed E-state index contributed by atoms with van der Waals surface area (Å²) < 4.78 is 56.1. The number of hydrogen-bond donors (Lipinski definition) is 2. The first-order valence-corrected chi connectivity index (χ1v) is 21.2. The van der Waals surface area contributed by atoms with Gasteiger partial charge in [0, 0.05) is 77.6 Å². The van der Waals surface area contributed by atoms with Gasteiger partial charge in [0.15, 0.2) is 0 Å². The van der Waals surface area contributed by atoms with Gasteiger partial charge < -0.3 is 28.9 Å². The number of aromatic nitrogens is 8. The zero-order chi connectivity index (χ0) is 42.6. The predicted octanol–water partition coefficient (Wildman–Crippen LogP) is 4.09. The Hall–Kier alpha value is -7.25. The first-order chi connectivity index (χ1) is 28.7. The van der Waals surface area contributed by atoms with Crippen LogP contribution in [-0.4, -0.2) is 81.0 Å². The van der Waals surface area contributed by atoms with E-state index in [1.165, 1.54) is 41.2 Å². The molecule has 0 spiro atoms. The first kappa shape index (κ1) is 40.9. The van der Waals surface area contributed by atoms with Gasteiger partial charge in [-0.05, 0) is 66.6 Å². The Kier molecular flexibility index (Phi) is 11.5. The number of pyridine rings is 2. The molecule has 0 radical (unpaired) electrons. The highest BCUT2D eigenvalue weighted by Crippen LogP contribution is 2.22. The lowest BCUT2D eigenvalue weighted by Gasteiger charge is -2.10. The third kappa shape index (κ3) is 8.91. The number of nitrogens with one attached hydrogen (secondary N) is 2. The second kappa shape index (κ2) is 16.9. The summed E-state index contributed by atoms with van der Waals surface area (Å²) in [5, 5.41) is 5.67. The summed E-state index contributed by atoms with van der Waals surface area (Å²) >= 11 is 0. The lowest BCUT2D eigenvalue weighted by atomic mass is 10.2. The second-order valence-corrected chi connectivity index (χ2v) is 17.6. The Bertz CT molecular complexity index is 3050. The molecule has 2 amide bonds. The summed E-state index contributed by atoms with van der Waals surface area (Å²) in [6, 6.07) is 19.7. The molecule has 17 nitrogen and oxygen atoms in total. The van der Waals surface area contributed by atoms with Crippen LogP contribution in [0.1, 0.15) is 37.5 Å². The van der Waals surface area contributed by atoms with E-state index in [2.05, 4.69) is 35.6 Å². The molecular formula is C41H39N11O6S2. The molecule has 60 heavy (non-hydrogen) atoms. The van der Waals surface area contributed by atoms with Gasteiger partial charge in [0.2, 0.25) is 30.8 Å². The van der Waals surface area contributed by atoms with E-state index in [1.54, 1.807) is 134 Å². The Labute approximate surface area is 345 Å². The summed E-state index contributed by atoms with van der Waals surface area (Å²) in [5.74, 6) is -0.0246. The largest absolute Gasteiger partial charge is 0.348 e. The van der Waals surface area contributed by atoms with Crippen molar-refractivity contribution in [2.75, 3.05) is 19.0 Å². The normalized spacial score (nSPS) is 11.5. The lowest BCUT2D eigenvalue weighted by molar-refractivity contribution is 0.0942. The molecule has 0 aliphatic carbocycles. The maximum Gasteiger partial charge on any atom is 0.253 e. The number of carbonyl (C=O) groups excluding carboxylic acids is 2. The molecule has 8 rings (SSSR count). The van der Waals surface area contributed by atoms with Crippen LogP contribution in [0.2, 0.25) is 0 Å². The maximum absolute atomic E-state index is 12.8. The number of rotatable bonds is 11. The molecule has 6 heterocycles. The fourth-order valence-electron chi connectivity index (χ4n) is 6.01. The molecule has 0 aliphatic heterocycles. The van der Waals surface area contributed by atoms with Gasteiger partial charge >= 0.3 is 0 Å². The van der Waals surface area contributed by atoms with Crippen molar-refractivity contribution in [2.45, 2.75) is 39.9 Å². The first-order valence-electron chi connectivity index (χ1n) is 18.3. The number of aryl methyl sites for hydroxylation is 2. The summed E-state index contributed by atoms with van der Waals surface area (Å²) in [6.45, 7) is 2.29. The quantitative estimate of drug-likeness (QED) is 0.189. The number of imidazole rings is 3. The predicted molar refractivity (Wildman–Crippen MR) is 221 cm³/mol. The minimum Gasteiger partial charge on any atom is -0.348 e. The maximum atomic E-state index is 12.8. The smallest absolute Gasteiger partial charge is 0.253 e. The number of carbonyl (C=O) groups is 2. The van der Waals surface area contributed by atoms with Gasteiger partial charge in [-0.15, -0.1) is 0 Å². The van der Waals surface area contributed by atoms with Crippen molar-refractivity contribution < 1.29 is 26.4 Å². The van der Waals surface area contributed by atoms with Crippen LogP contribution in [0.15, 0.2) is 148 Å². The second-order valence-electron chi connectivity index (χ2n) is 13.8. The van der Waals surface area contributed by atoms with Crippen molar-refractivity contribution in [2.24, 2.45) is 7.05 Å². The number of fused-ring (bicyclic) bond motifs is 2. The average molecular weight is 846 g/mol. The van der Waals surface area contributed by atoms with Crippen LogP contribution in [0.25, 0.3) is 11.3 Å². The molecule has 2 N–H and O–H groups in total. The molecule has 2 aromatic carbocycles. The summed E-state index contributed by atoms with van der Waals surface area (Å²) in [4.78, 5) is 47.3. The molecule has 0 unspecified atom stereocenters. The average Bonchev–Trinajstić information content (AvgIpc) is 4.01. The van der Waals surface area contributed by atoms with Crippen LogP contribution in [-0.2, 0) is 39.8 Å². The van der Waals surface area contributed by atoms with E-state index in [4.69, 9.17) is 0 Å². The highest BCUT2D eigenvalue weighted by molar-refractivity contribution is 7.91. The Balaban J connectivity index is 0.000000182. The zero-order valence-corrected chi connectivity index (χ0v) is 34.5. The molecule has 0 saturated heterocycles. The lowest BCUT2D eigenvalue weighted by Crippen LogP contribution is -2.23. The van der Waals surface area contributed by atoms with Gasteiger partial charge in [-0.3, -0.25) is 9.59 Å². The number of benzene rings is 2. The third-order valence-corrected chi connectivity index (χ3v) is 12.7. The van der Waals surface area contributed by atoms with Crippen molar-refractivity contribution >= 4 is 48.7 Å². The third-order valence-electron chi connectivity index (χ3n) is 9.19. The van der Waals surface area contributed by atoms with E-state index >= 15 is 0 Å². The molecule has 0 aliphatic rings. The van der Waals surface area contributed by atoms with Gasteiger partial charge in [-0.2, -0.15) is 0 Å². The van der Waals surface area contributed by atoms with Gasteiger partial charge in [0.1, 0.15) is 16.2 Å². The number of anilines is 1. The van der Waals surface area contributed by atoms with E-state index in [9.17, 15) is 26.4 Å². The van der Waals surface area contributed by atoms with E-state index in [-0.39, 0.29) is 44.7 Å². The number of nitrogens with zero attached hydrogens (tertiary/aromatic N) is 9. The van der Waals surface area contributed by atoms with E-state index in [0.29, 0.717) is 22.8 Å². The Morgan fingerprint density at radius 1 is 0.617 bits per heavy atom. The van der Waals surface area contributed by atoms with Gasteiger partial charge in [-0.1, -0.05) is 24.3 Å². The van der Waals surface area contributed by atoms with Crippen LogP contribution in [0, 0.1) is 6.92 Å². The van der Waals surface area contributed by atoms with Crippen molar-refractivity contribution in [3.05, 3.63) is 157 Å². The van der Waals surface area contributed by atoms with Gasteiger partial charge in [-0.25, -0.2) is 41.8 Å². The summed E-state index contributed by atoms with van der Waals surface area (Å²) in [7, 11) is -2.23. The van der Waals surface area contributed by atoms with Crippen LogP contribution < -0.4 is 15.5 Å². The topological polar surface area (TPSA) is 208 Å². The minimum atomic E-state index is -3.73. The van der Waals surface area contributed by atoms with Gasteiger partial charge in [0.05, 0.1) is 39.0 Å². The van der Waals surface area contributed by atoms with E-state index < -0.39 is 19.7 Å². The molecule has 19 heteroatoms. The number of amides is 2. The van der Waals surface area contributed by atoms with Crippen molar-refractivity contribution in [1.29, 1.82) is 0 Å². The van der Waals surface area contributed by atoms with Crippen molar-refractivity contribution in [1.82, 2.24) is 48.9 Å². The van der Waals surface area contributed by atoms with E-state index in [1.807, 2.05) is 0 Å².